The molecule has 0 saturated carbocycles. The highest BCUT2D eigenvalue weighted by molar-refractivity contribution is 7.09. The van der Waals surface area contributed by atoms with Crippen molar-refractivity contribution < 1.29 is 9.53 Å². The van der Waals surface area contributed by atoms with Crippen LogP contribution in [0.15, 0.2) is 47.8 Å². The molecule has 0 saturated heterocycles. The highest BCUT2D eigenvalue weighted by Crippen LogP contribution is 2.24. The normalized spacial score (nSPS) is 10.6. The Bertz CT molecular complexity index is 901. The van der Waals surface area contributed by atoms with Crippen molar-refractivity contribution in [3.8, 4) is 17.0 Å². The number of nitrogens with one attached hydrogen (secondary N) is 1. The van der Waals surface area contributed by atoms with Gasteiger partial charge in [-0.25, -0.2) is 4.98 Å². The quantitative estimate of drug-likeness (QED) is 0.703. The molecule has 2 aromatic carbocycles. The molecule has 0 bridgehead atoms. The van der Waals surface area contributed by atoms with Crippen molar-refractivity contribution >= 4 is 17.2 Å². The van der Waals surface area contributed by atoms with Gasteiger partial charge >= 0.3 is 0 Å². The summed E-state index contributed by atoms with van der Waals surface area (Å²) in [5.74, 6) is 0.790. The fraction of sp³-hybridized carbons (Fsp3) is 0.238. The van der Waals surface area contributed by atoms with Crippen molar-refractivity contribution in [1.29, 1.82) is 0 Å². The van der Waals surface area contributed by atoms with Gasteiger partial charge in [0, 0.05) is 29.5 Å². The van der Waals surface area contributed by atoms with Gasteiger partial charge in [0.15, 0.2) is 0 Å². The van der Waals surface area contributed by atoms with Crippen LogP contribution < -0.4 is 10.1 Å². The van der Waals surface area contributed by atoms with Crippen LogP contribution >= 0.6 is 11.3 Å². The average Bonchev–Trinajstić information content (AvgIpc) is 3.13. The summed E-state index contributed by atoms with van der Waals surface area (Å²) in [4.78, 5) is 16.9. The molecule has 4 nitrogen and oxygen atoms in total. The fourth-order valence-corrected chi connectivity index (χ4v) is 3.40. The number of rotatable bonds is 6. The van der Waals surface area contributed by atoms with Gasteiger partial charge in [0.05, 0.1) is 17.8 Å². The van der Waals surface area contributed by atoms with E-state index in [0.717, 1.165) is 34.0 Å². The maximum atomic E-state index is 12.2. The maximum absolute atomic E-state index is 12.2. The number of thiazole rings is 1. The third-order valence-electron chi connectivity index (χ3n) is 4.33. The Kier molecular flexibility index (Phi) is 5.68. The van der Waals surface area contributed by atoms with Gasteiger partial charge in [-0.3, -0.25) is 4.79 Å². The zero-order valence-electron chi connectivity index (χ0n) is 15.2. The molecule has 0 fully saturated rings. The topological polar surface area (TPSA) is 51.2 Å². The Balaban J connectivity index is 1.56. The standard InChI is InChI=1S/C21H22N2O2S/c1-14-4-5-17(12-15(14)2)21(24)22-11-10-20-23-19(13-26-20)16-6-8-18(25-3)9-7-16/h4-9,12-13H,10-11H2,1-3H3,(H,22,24). The van der Waals surface area contributed by atoms with Crippen LogP contribution in [-0.4, -0.2) is 24.5 Å². The number of benzene rings is 2. The van der Waals surface area contributed by atoms with E-state index < -0.39 is 0 Å². The zero-order valence-corrected chi connectivity index (χ0v) is 16.0. The van der Waals surface area contributed by atoms with Crippen LogP contribution in [0.25, 0.3) is 11.3 Å². The Morgan fingerprint density at radius 1 is 1.12 bits per heavy atom. The van der Waals surface area contributed by atoms with Crippen LogP contribution in [0.5, 0.6) is 5.75 Å². The second-order valence-electron chi connectivity index (χ2n) is 6.16. The number of hydrogen-bond donors (Lipinski definition) is 1. The van der Waals surface area contributed by atoms with E-state index in [9.17, 15) is 4.79 Å². The van der Waals surface area contributed by atoms with Crippen molar-refractivity contribution in [2.45, 2.75) is 20.3 Å². The summed E-state index contributed by atoms with van der Waals surface area (Å²) >= 11 is 1.61. The van der Waals surface area contributed by atoms with Gasteiger partial charge in [0.1, 0.15) is 5.75 Å². The molecule has 134 valence electrons. The van der Waals surface area contributed by atoms with Crippen molar-refractivity contribution in [3.05, 3.63) is 69.5 Å². The molecule has 3 rings (SSSR count). The lowest BCUT2D eigenvalue weighted by Crippen LogP contribution is -2.25. The van der Waals surface area contributed by atoms with Crippen molar-refractivity contribution in [2.75, 3.05) is 13.7 Å². The summed E-state index contributed by atoms with van der Waals surface area (Å²) in [5.41, 5.74) is 5.03. The molecule has 0 spiro atoms. The summed E-state index contributed by atoms with van der Waals surface area (Å²) in [6.45, 7) is 4.63. The molecule has 1 N–H and O–H groups in total. The molecule has 0 atom stereocenters. The number of nitrogens with zero attached hydrogens (tertiary/aromatic N) is 1. The van der Waals surface area contributed by atoms with Crippen LogP contribution in [0.1, 0.15) is 26.5 Å². The maximum Gasteiger partial charge on any atom is 0.251 e. The third-order valence-corrected chi connectivity index (χ3v) is 5.24. The van der Waals surface area contributed by atoms with Gasteiger partial charge in [-0.2, -0.15) is 0 Å². The summed E-state index contributed by atoms with van der Waals surface area (Å²) in [6.07, 6.45) is 0.720. The highest BCUT2D eigenvalue weighted by atomic mass is 32.1. The molecule has 1 amide bonds. The van der Waals surface area contributed by atoms with E-state index >= 15 is 0 Å². The van der Waals surface area contributed by atoms with Gasteiger partial charge in [-0.15, -0.1) is 11.3 Å². The van der Waals surface area contributed by atoms with E-state index in [-0.39, 0.29) is 5.91 Å². The van der Waals surface area contributed by atoms with Gasteiger partial charge in [0.25, 0.3) is 5.91 Å². The monoisotopic (exact) mass is 366 g/mol. The largest absolute Gasteiger partial charge is 0.497 e. The number of methoxy groups -OCH3 is 1. The molecule has 0 unspecified atom stereocenters. The van der Waals surface area contributed by atoms with Gasteiger partial charge in [-0.05, 0) is 61.4 Å². The Labute approximate surface area is 157 Å². The zero-order chi connectivity index (χ0) is 18.5. The lowest BCUT2D eigenvalue weighted by Gasteiger charge is -2.06. The minimum atomic E-state index is -0.0416. The highest BCUT2D eigenvalue weighted by Gasteiger charge is 2.08. The molecule has 0 aliphatic carbocycles. The summed E-state index contributed by atoms with van der Waals surface area (Å²) in [6, 6.07) is 13.6. The summed E-state index contributed by atoms with van der Waals surface area (Å²) in [5, 5.41) is 6.02. The summed E-state index contributed by atoms with van der Waals surface area (Å²) in [7, 11) is 1.65. The predicted molar refractivity (Wildman–Crippen MR) is 106 cm³/mol. The molecule has 0 aliphatic heterocycles. The molecule has 0 radical (unpaired) electrons. The summed E-state index contributed by atoms with van der Waals surface area (Å²) < 4.78 is 5.18. The first-order valence-corrected chi connectivity index (χ1v) is 9.39. The van der Waals surface area contributed by atoms with Crippen molar-refractivity contribution in [3.63, 3.8) is 0 Å². The molecule has 5 heteroatoms. The Morgan fingerprint density at radius 2 is 1.88 bits per heavy atom. The Hall–Kier alpha value is -2.66. The van der Waals surface area contributed by atoms with Gasteiger partial charge < -0.3 is 10.1 Å². The molecular formula is C21H22N2O2S. The molecule has 1 aromatic heterocycles. The predicted octanol–water partition coefficient (Wildman–Crippen LogP) is 4.41. The smallest absolute Gasteiger partial charge is 0.251 e. The third kappa shape index (κ3) is 4.29. The van der Waals surface area contributed by atoms with Crippen LogP contribution in [0, 0.1) is 13.8 Å². The molecule has 3 aromatic rings. The first kappa shape index (κ1) is 18.1. The lowest BCUT2D eigenvalue weighted by atomic mass is 10.1. The second-order valence-corrected chi connectivity index (χ2v) is 7.10. The minimum absolute atomic E-state index is 0.0416. The van der Waals surface area contributed by atoms with E-state index in [2.05, 4.69) is 10.3 Å². The van der Waals surface area contributed by atoms with E-state index in [1.165, 1.54) is 5.56 Å². The van der Waals surface area contributed by atoms with Crippen LogP contribution in [0.2, 0.25) is 0 Å². The SMILES string of the molecule is COc1ccc(-c2csc(CCNC(=O)c3ccc(C)c(C)c3)n2)cc1. The Morgan fingerprint density at radius 3 is 2.58 bits per heavy atom. The molecular weight excluding hydrogens is 344 g/mol. The number of aromatic nitrogens is 1. The van der Waals surface area contributed by atoms with E-state index in [0.29, 0.717) is 12.1 Å². The number of carbonyl (C=O) groups excluding carboxylic acids is 1. The second kappa shape index (κ2) is 8.15. The number of ether oxygens (including phenoxy) is 1. The number of amides is 1. The first-order chi connectivity index (χ1) is 12.6. The van der Waals surface area contributed by atoms with Gasteiger partial charge in [-0.1, -0.05) is 6.07 Å². The van der Waals surface area contributed by atoms with Crippen molar-refractivity contribution in [2.24, 2.45) is 0 Å². The lowest BCUT2D eigenvalue weighted by molar-refractivity contribution is 0.0954. The molecule has 0 aliphatic rings. The molecule has 1 heterocycles. The van der Waals surface area contributed by atoms with E-state index in [1.54, 1.807) is 18.4 Å². The van der Waals surface area contributed by atoms with Gasteiger partial charge in [0.2, 0.25) is 0 Å². The van der Waals surface area contributed by atoms with E-state index in [4.69, 9.17) is 4.74 Å². The number of hydrogen-bond acceptors (Lipinski definition) is 4. The molecule has 26 heavy (non-hydrogen) atoms. The van der Waals surface area contributed by atoms with E-state index in [1.807, 2.05) is 61.7 Å². The first-order valence-electron chi connectivity index (χ1n) is 8.51. The van der Waals surface area contributed by atoms with Crippen LogP contribution in [-0.2, 0) is 6.42 Å². The number of carbonyl (C=O) groups is 1. The van der Waals surface area contributed by atoms with Crippen molar-refractivity contribution in [1.82, 2.24) is 10.3 Å². The minimum Gasteiger partial charge on any atom is -0.497 e. The van der Waals surface area contributed by atoms with Crippen LogP contribution in [0.3, 0.4) is 0 Å². The average molecular weight is 366 g/mol. The van der Waals surface area contributed by atoms with Crippen LogP contribution in [0.4, 0.5) is 0 Å². The fourth-order valence-electron chi connectivity index (χ4n) is 2.59. The number of aryl methyl sites for hydroxylation is 2.